The number of para-hydroxylation sites is 2. The van der Waals surface area contributed by atoms with Crippen molar-refractivity contribution in [3.05, 3.63) is 194 Å². The van der Waals surface area contributed by atoms with E-state index in [1.54, 1.807) is 0 Å². The highest BCUT2D eigenvalue weighted by atomic mass is 15.1. The lowest BCUT2D eigenvalue weighted by Gasteiger charge is -2.20. The first kappa shape index (κ1) is 30.2. The van der Waals surface area contributed by atoms with Gasteiger partial charge in [-0.3, -0.25) is 4.57 Å². The minimum absolute atomic E-state index is 0.937. The third-order valence-corrected chi connectivity index (χ3v) is 11.7. The first-order valence-corrected chi connectivity index (χ1v) is 19.0. The number of hydrogen-bond acceptors (Lipinski definition) is 1. The Bertz CT molecular complexity index is 3480. The number of fused-ring (bicyclic) bond motifs is 8. The van der Waals surface area contributed by atoms with Crippen molar-refractivity contribution in [1.82, 2.24) is 9.55 Å². The Hall–Kier alpha value is -7.29. The molecule has 1 aromatic heterocycles. The van der Waals surface area contributed by atoms with E-state index in [1.807, 2.05) is 0 Å². The molecule has 0 spiro atoms. The fourth-order valence-electron chi connectivity index (χ4n) is 9.41. The molecule has 0 unspecified atom stereocenters. The molecule has 0 radical (unpaired) electrons. The van der Waals surface area contributed by atoms with E-state index in [2.05, 4.69) is 199 Å². The maximum absolute atomic E-state index is 5.25. The molecule has 2 heteroatoms. The molecule has 0 aliphatic rings. The maximum atomic E-state index is 5.25. The van der Waals surface area contributed by atoms with Gasteiger partial charge in [0.25, 0.3) is 0 Å². The van der Waals surface area contributed by atoms with Crippen LogP contribution in [-0.2, 0) is 0 Å². The van der Waals surface area contributed by atoms with Crippen LogP contribution in [0, 0.1) is 0 Å². The predicted molar refractivity (Wildman–Crippen MR) is 234 cm³/mol. The molecule has 0 atom stereocenters. The SMILES string of the molecule is c1ccc(-c2nc3ccccc3n2-c2c3ccccc3c(-c3ccc4c(c3)c3ccccc3c3cccc5ccc6cccc4c6c53)c3ccccc23)cc1. The van der Waals surface area contributed by atoms with Gasteiger partial charge in [0.1, 0.15) is 5.82 Å². The highest BCUT2D eigenvalue weighted by Crippen LogP contribution is 2.46. The van der Waals surface area contributed by atoms with Crippen LogP contribution in [-0.4, -0.2) is 9.55 Å². The van der Waals surface area contributed by atoms with Crippen LogP contribution in [0.5, 0.6) is 0 Å². The van der Waals surface area contributed by atoms with Crippen molar-refractivity contribution < 1.29 is 0 Å². The zero-order valence-corrected chi connectivity index (χ0v) is 29.9. The molecule has 0 aliphatic heterocycles. The number of hydrogen-bond donors (Lipinski definition) is 0. The summed E-state index contributed by atoms with van der Waals surface area (Å²) in [6, 6.07) is 71.1. The van der Waals surface area contributed by atoms with Crippen LogP contribution in [0.3, 0.4) is 0 Å². The van der Waals surface area contributed by atoms with Gasteiger partial charge in [-0.25, -0.2) is 4.98 Å². The van der Waals surface area contributed by atoms with Crippen molar-refractivity contribution in [2.45, 2.75) is 0 Å². The van der Waals surface area contributed by atoms with Crippen molar-refractivity contribution >= 4 is 86.4 Å². The van der Waals surface area contributed by atoms with Gasteiger partial charge < -0.3 is 0 Å². The lowest BCUT2D eigenvalue weighted by molar-refractivity contribution is 1.13. The largest absolute Gasteiger partial charge is 0.291 e. The van der Waals surface area contributed by atoms with Crippen molar-refractivity contribution in [2.75, 3.05) is 0 Å². The summed E-state index contributed by atoms with van der Waals surface area (Å²) in [5.41, 5.74) is 6.74. The lowest BCUT2D eigenvalue weighted by Crippen LogP contribution is -2.01. The lowest BCUT2D eigenvalue weighted by atomic mass is 9.87. The molecule has 0 amide bonds. The Kier molecular flexibility index (Phi) is 6.37. The van der Waals surface area contributed by atoms with E-state index >= 15 is 0 Å². The molecular formula is C53H32N2. The van der Waals surface area contributed by atoms with Gasteiger partial charge in [0, 0.05) is 16.3 Å². The normalized spacial score (nSPS) is 12.0. The molecule has 55 heavy (non-hydrogen) atoms. The third kappa shape index (κ3) is 4.34. The smallest absolute Gasteiger partial charge is 0.145 e. The molecular weight excluding hydrogens is 665 g/mol. The van der Waals surface area contributed by atoms with Gasteiger partial charge in [-0.05, 0) is 94.0 Å². The number of imidazole rings is 1. The number of nitrogens with zero attached hydrogens (tertiary/aromatic N) is 2. The first-order chi connectivity index (χ1) is 27.3. The quantitative estimate of drug-likeness (QED) is 0.133. The fourth-order valence-corrected chi connectivity index (χ4v) is 9.41. The second kappa shape index (κ2) is 11.6. The van der Waals surface area contributed by atoms with E-state index in [-0.39, 0.29) is 0 Å². The summed E-state index contributed by atoms with van der Waals surface area (Å²) in [7, 11) is 0. The minimum Gasteiger partial charge on any atom is -0.291 e. The molecule has 0 saturated heterocycles. The molecule has 1 heterocycles. The van der Waals surface area contributed by atoms with E-state index < -0.39 is 0 Å². The number of aromatic nitrogens is 2. The van der Waals surface area contributed by atoms with Crippen molar-refractivity contribution in [2.24, 2.45) is 0 Å². The van der Waals surface area contributed by atoms with E-state index in [0.29, 0.717) is 0 Å². The molecule has 0 aliphatic carbocycles. The molecule has 12 aromatic rings. The number of rotatable bonds is 3. The van der Waals surface area contributed by atoms with Crippen LogP contribution in [0.1, 0.15) is 0 Å². The Morgan fingerprint density at radius 1 is 0.327 bits per heavy atom. The van der Waals surface area contributed by atoms with Gasteiger partial charge in [-0.1, -0.05) is 176 Å². The van der Waals surface area contributed by atoms with Gasteiger partial charge in [-0.2, -0.15) is 0 Å². The Labute approximate surface area is 317 Å². The van der Waals surface area contributed by atoms with Gasteiger partial charge in [-0.15, -0.1) is 0 Å². The Morgan fingerprint density at radius 2 is 0.836 bits per heavy atom. The minimum atomic E-state index is 0.937. The molecule has 2 nitrogen and oxygen atoms in total. The number of benzene rings is 10. The molecule has 0 fully saturated rings. The average molecular weight is 697 g/mol. The van der Waals surface area contributed by atoms with Crippen LogP contribution in [0.2, 0.25) is 0 Å². The van der Waals surface area contributed by atoms with Crippen LogP contribution in [0.4, 0.5) is 0 Å². The Balaban J connectivity index is 1.24. The summed E-state index contributed by atoms with van der Waals surface area (Å²) >= 11 is 0. The van der Waals surface area contributed by atoms with Crippen LogP contribution in [0.25, 0.3) is 115 Å². The zero-order chi connectivity index (χ0) is 36.0. The molecule has 12 rings (SSSR count). The maximum Gasteiger partial charge on any atom is 0.145 e. The van der Waals surface area contributed by atoms with E-state index in [4.69, 9.17) is 4.98 Å². The predicted octanol–water partition coefficient (Wildman–Crippen LogP) is 14.4. The summed E-state index contributed by atoms with van der Waals surface area (Å²) < 4.78 is 2.38. The van der Waals surface area contributed by atoms with Crippen molar-refractivity contribution in [3.8, 4) is 28.2 Å². The molecule has 11 aromatic carbocycles. The monoisotopic (exact) mass is 696 g/mol. The highest BCUT2D eigenvalue weighted by molar-refractivity contribution is 6.33. The second-order valence-corrected chi connectivity index (χ2v) is 14.6. The van der Waals surface area contributed by atoms with Crippen molar-refractivity contribution in [3.63, 3.8) is 0 Å². The molecule has 254 valence electrons. The summed E-state index contributed by atoms with van der Waals surface area (Å²) in [5, 5.41) is 17.6. The zero-order valence-electron chi connectivity index (χ0n) is 29.9. The van der Waals surface area contributed by atoms with Gasteiger partial charge in [0.2, 0.25) is 0 Å². The summed E-state index contributed by atoms with van der Waals surface area (Å²) in [5.74, 6) is 0.937. The third-order valence-electron chi connectivity index (χ3n) is 11.7. The first-order valence-electron chi connectivity index (χ1n) is 19.0. The van der Waals surface area contributed by atoms with Crippen LogP contribution in [0.15, 0.2) is 194 Å². The van der Waals surface area contributed by atoms with Gasteiger partial charge in [0.05, 0.1) is 16.7 Å². The van der Waals surface area contributed by atoms with E-state index in [1.165, 1.54) is 86.5 Å². The average Bonchev–Trinajstić information content (AvgIpc) is 3.64. The molecule has 0 saturated carbocycles. The molecule has 0 bridgehead atoms. The van der Waals surface area contributed by atoms with E-state index in [9.17, 15) is 0 Å². The van der Waals surface area contributed by atoms with Crippen LogP contribution < -0.4 is 0 Å². The van der Waals surface area contributed by atoms with E-state index in [0.717, 1.165) is 28.1 Å². The van der Waals surface area contributed by atoms with Crippen LogP contribution >= 0.6 is 0 Å². The van der Waals surface area contributed by atoms with Gasteiger partial charge >= 0.3 is 0 Å². The summed E-state index contributed by atoms with van der Waals surface area (Å²) in [6.45, 7) is 0. The van der Waals surface area contributed by atoms with Gasteiger partial charge in [0.15, 0.2) is 0 Å². The highest BCUT2D eigenvalue weighted by Gasteiger charge is 2.22. The second-order valence-electron chi connectivity index (χ2n) is 14.6. The summed E-state index contributed by atoms with van der Waals surface area (Å²) in [4.78, 5) is 5.25. The fraction of sp³-hybridized carbons (Fsp3) is 0. The Morgan fingerprint density at radius 3 is 1.49 bits per heavy atom. The standard InChI is InChI=1S/C53H32N2/c1-2-14-35(15-3-1)53-54-47-26-10-11-27-48(47)55(53)52-44-22-8-6-20-42(44)49(43-21-7-9-23-45(43)52)36-30-31-39-41-25-13-17-34-29-28-33-16-12-24-40(50(33)51(34)41)37-18-4-5-19-38(37)46(39)32-36/h1-32H. The summed E-state index contributed by atoms with van der Waals surface area (Å²) in [6.07, 6.45) is 0. The molecule has 0 N–H and O–H groups in total. The topological polar surface area (TPSA) is 17.8 Å². The van der Waals surface area contributed by atoms with Crippen molar-refractivity contribution in [1.29, 1.82) is 0 Å².